The number of hydrogen-bond acceptors (Lipinski definition) is 3. The molecule has 0 amide bonds. The first-order valence-corrected chi connectivity index (χ1v) is 7.66. The van der Waals surface area contributed by atoms with Crippen LogP contribution in [0.4, 0.5) is 0 Å². The highest BCUT2D eigenvalue weighted by Crippen LogP contribution is 2.23. The number of hydrogen-bond donors (Lipinski definition) is 0. The quantitative estimate of drug-likeness (QED) is 0.800. The van der Waals surface area contributed by atoms with Crippen LogP contribution < -0.4 is 0 Å². The van der Waals surface area contributed by atoms with Gasteiger partial charge in [-0.1, -0.05) is 36.2 Å². The summed E-state index contributed by atoms with van der Waals surface area (Å²) in [5.41, 5.74) is 0.655. The molecule has 8 heteroatoms. The Morgan fingerprint density at radius 2 is 1.94 bits per heavy atom. The Morgan fingerprint density at radius 1 is 1.28 bits per heavy atom. The zero-order valence-electron chi connectivity index (χ0n) is 9.81. The first-order chi connectivity index (χ1) is 8.45. The molecule has 0 unspecified atom stereocenters. The lowest BCUT2D eigenvalue weighted by Crippen LogP contribution is -2.32. The molecule has 0 spiro atoms. The molecule has 0 aromatic carbocycles. The fraction of sp³-hybridized carbons (Fsp3) is 0.500. The highest BCUT2D eigenvalue weighted by molar-refractivity contribution is 7.87. The van der Waals surface area contributed by atoms with Crippen LogP contribution in [0.3, 0.4) is 0 Å². The van der Waals surface area contributed by atoms with E-state index in [0.29, 0.717) is 30.4 Å². The lowest BCUT2D eigenvalue weighted by Gasteiger charge is -2.17. The normalized spacial score (nSPS) is 20.4. The third kappa shape index (κ3) is 2.62. The van der Waals surface area contributed by atoms with Gasteiger partial charge in [-0.25, -0.2) is 4.98 Å². The predicted octanol–water partition coefficient (Wildman–Crippen LogP) is 1.77. The van der Waals surface area contributed by atoms with E-state index in [0.717, 1.165) is 0 Å². The highest BCUT2D eigenvalue weighted by Gasteiger charge is 2.35. The highest BCUT2D eigenvalue weighted by atomic mass is 35.5. The zero-order chi connectivity index (χ0) is 13.3. The van der Waals surface area contributed by atoms with Gasteiger partial charge in [0, 0.05) is 31.7 Å². The van der Waals surface area contributed by atoms with Crippen LogP contribution >= 0.6 is 23.2 Å². The van der Waals surface area contributed by atoms with Gasteiger partial charge in [0.05, 0.1) is 0 Å². The fourth-order valence-electron chi connectivity index (χ4n) is 1.85. The molecule has 100 valence electrons. The van der Waals surface area contributed by atoms with Gasteiger partial charge in [-0.2, -0.15) is 17.0 Å². The molecule has 2 rings (SSSR count). The van der Waals surface area contributed by atoms with Gasteiger partial charge in [0.1, 0.15) is 10.3 Å². The van der Waals surface area contributed by atoms with Gasteiger partial charge in [-0.3, -0.25) is 0 Å². The van der Waals surface area contributed by atoms with E-state index in [4.69, 9.17) is 23.2 Å². The van der Waals surface area contributed by atoms with Crippen LogP contribution in [-0.4, -0.2) is 41.6 Å². The van der Waals surface area contributed by atoms with Gasteiger partial charge in [-0.05, 0) is 6.07 Å². The Bertz CT molecular complexity index is 550. The second-order valence-corrected chi connectivity index (χ2v) is 6.59. The maximum Gasteiger partial charge on any atom is 0.282 e. The number of rotatable bonds is 3. The van der Waals surface area contributed by atoms with Crippen molar-refractivity contribution in [3.63, 3.8) is 0 Å². The van der Waals surface area contributed by atoms with Crippen LogP contribution in [0.2, 0.25) is 10.3 Å². The second kappa shape index (κ2) is 5.30. The van der Waals surface area contributed by atoms with Gasteiger partial charge in [0.2, 0.25) is 0 Å². The summed E-state index contributed by atoms with van der Waals surface area (Å²) in [5.74, 6) is 0. The second-order valence-electron chi connectivity index (χ2n) is 3.92. The molecule has 18 heavy (non-hydrogen) atoms. The summed E-state index contributed by atoms with van der Waals surface area (Å²) < 4.78 is 27.0. The Hall–Kier alpha value is -0.400. The van der Waals surface area contributed by atoms with Crippen LogP contribution in [0.1, 0.15) is 12.5 Å². The predicted molar refractivity (Wildman–Crippen MR) is 70.8 cm³/mol. The van der Waals surface area contributed by atoms with Crippen molar-refractivity contribution in [3.8, 4) is 0 Å². The molecule has 0 atom stereocenters. The smallest absolute Gasteiger partial charge is 0.224 e. The molecule has 1 aliphatic heterocycles. The molecule has 1 fully saturated rings. The Labute approximate surface area is 116 Å². The van der Waals surface area contributed by atoms with Crippen molar-refractivity contribution in [1.82, 2.24) is 13.6 Å². The summed E-state index contributed by atoms with van der Waals surface area (Å²) in [6, 6.07) is 3.30. The van der Waals surface area contributed by atoms with Crippen molar-refractivity contribution in [2.75, 3.05) is 19.6 Å². The number of likely N-dealkylation sites (N-methyl/N-ethyl adjacent to an activating group) is 1. The number of pyridine rings is 1. The van der Waals surface area contributed by atoms with Crippen LogP contribution in [0.25, 0.3) is 0 Å². The van der Waals surface area contributed by atoms with Gasteiger partial charge in [-0.15, -0.1) is 0 Å². The van der Waals surface area contributed by atoms with E-state index in [9.17, 15) is 8.42 Å². The third-order valence-electron chi connectivity index (χ3n) is 2.84. The standard InChI is InChI=1S/C10H13Cl2N3O2S/c1-2-14-5-6-15(18(14,16)17)7-8-3-4-9(11)13-10(8)12/h3-4H,2,5-7H2,1H3. The van der Waals surface area contributed by atoms with E-state index in [1.54, 1.807) is 12.1 Å². The van der Waals surface area contributed by atoms with E-state index in [2.05, 4.69) is 4.98 Å². The minimum absolute atomic E-state index is 0.224. The lowest BCUT2D eigenvalue weighted by atomic mass is 10.3. The van der Waals surface area contributed by atoms with Crippen molar-refractivity contribution in [1.29, 1.82) is 0 Å². The van der Waals surface area contributed by atoms with E-state index >= 15 is 0 Å². The summed E-state index contributed by atoms with van der Waals surface area (Å²) in [5, 5.41) is 0.538. The average Bonchev–Trinajstić information content (AvgIpc) is 2.57. The zero-order valence-corrected chi connectivity index (χ0v) is 12.1. The summed E-state index contributed by atoms with van der Waals surface area (Å²) in [6.07, 6.45) is 0. The van der Waals surface area contributed by atoms with Crippen LogP contribution in [0.5, 0.6) is 0 Å². The molecule has 0 bridgehead atoms. The van der Waals surface area contributed by atoms with E-state index in [-0.39, 0.29) is 11.7 Å². The van der Waals surface area contributed by atoms with Crippen molar-refractivity contribution in [3.05, 3.63) is 28.0 Å². The number of nitrogens with zero attached hydrogens (tertiary/aromatic N) is 3. The molecule has 2 heterocycles. The Balaban J connectivity index is 2.20. The topological polar surface area (TPSA) is 53.5 Å². The summed E-state index contributed by atoms with van der Waals surface area (Å²) in [7, 11) is -3.36. The molecule has 0 saturated carbocycles. The van der Waals surface area contributed by atoms with Crippen molar-refractivity contribution in [2.45, 2.75) is 13.5 Å². The summed E-state index contributed by atoms with van der Waals surface area (Å²) >= 11 is 11.6. The molecule has 0 radical (unpaired) electrons. The van der Waals surface area contributed by atoms with Gasteiger partial charge in [0.15, 0.2) is 0 Å². The minimum Gasteiger partial charge on any atom is -0.224 e. The average molecular weight is 310 g/mol. The molecule has 1 saturated heterocycles. The van der Waals surface area contributed by atoms with Crippen molar-refractivity contribution in [2.24, 2.45) is 0 Å². The number of aromatic nitrogens is 1. The summed E-state index contributed by atoms with van der Waals surface area (Å²) in [6.45, 7) is 3.50. The largest absolute Gasteiger partial charge is 0.282 e. The minimum atomic E-state index is -3.36. The van der Waals surface area contributed by atoms with E-state index in [1.807, 2.05) is 6.92 Å². The van der Waals surface area contributed by atoms with Crippen molar-refractivity contribution >= 4 is 33.4 Å². The maximum absolute atomic E-state index is 12.1. The van der Waals surface area contributed by atoms with Gasteiger partial charge < -0.3 is 0 Å². The molecule has 0 aliphatic carbocycles. The summed E-state index contributed by atoms with van der Waals surface area (Å²) in [4.78, 5) is 3.90. The van der Waals surface area contributed by atoms with Gasteiger partial charge >= 0.3 is 0 Å². The molecule has 1 aromatic heterocycles. The molecular formula is C10H13Cl2N3O2S. The molecule has 5 nitrogen and oxygen atoms in total. The Morgan fingerprint density at radius 3 is 2.50 bits per heavy atom. The van der Waals surface area contributed by atoms with Crippen LogP contribution in [0, 0.1) is 0 Å². The molecule has 1 aromatic rings. The fourth-order valence-corrected chi connectivity index (χ4v) is 3.83. The first kappa shape index (κ1) is 14.0. The lowest BCUT2D eigenvalue weighted by molar-refractivity contribution is 0.442. The third-order valence-corrected chi connectivity index (χ3v) is 5.44. The van der Waals surface area contributed by atoms with Crippen LogP contribution in [-0.2, 0) is 16.8 Å². The first-order valence-electron chi connectivity index (χ1n) is 5.51. The SMILES string of the molecule is CCN1CCN(Cc2ccc(Cl)nc2Cl)S1(=O)=O. The van der Waals surface area contributed by atoms with Crippen LogP contribution in [0.15, 0.2) is 12.1 Å². The van der Waals surface area contributed by atoms with Crippen molar-refractivity contribution < 1.29 is 8.42 Å². The molecule has 1 aliphatic rings. The van der Waals surface area contributed by atoms with Gasteiger partial charge in [0.25, 0.3) is 10.2 Å². The number of halogens is 2. The molecular weight excluding hydrogens is 297 g/mol. The monoisotopic (exact) mass is 309 g/mol. The maximum atomic E-state index is 12.1. The Kier molecular flexibility index (Phi) is 4.13. The van der Waals surface area contributed by atoms with E-state index < -0.39 is 10.2 Å². The van der Waals surface area contributed by atoms with E-state index in [1.165, 1.54) is 8.61 Å². The molecule has 0 N–H and O–H groups in total.